The van der Waals surface area contributed by atoms with E-state index in [1.165, 1.54) is 30.0 Å². The first-order chi connectivity index (χ1) is 16.9. The maximum absolute atomic E-state index is 13.6. The highest BCUT2D eigenvalue weighted by molar-refractivity contribution is 7.98. The average molecular weight is 511 g/mol. The number of aryl methyl sites for hydroxylation is 1. The summed E-state index contributed by atoms with van der Waals surface area (Å²) in [5, 5.41) is 13.0. The number of ether oxygens (including phenoxy) is 1. The number of halogens is 2. The summed E-state index contributed by atoms with van der Waals surface area (Å²) in [4.78, 5) is 12.8. The Labute approximate surface area is 212 Å². The summed E-state index contributed by atoms with van der Waals surface area (Å²) in [6, 6.07) is 18.5. The summed E-state index contributed by atoms with van der Waals surface area (Å²) in [6.45, 7) is 3.79. The number of nitrogens with one attached hydrogen (secondary N) is 1. The van der Waals surface area contributed by atoms with Gasteiger partial charge in [0, 0.05) is 16.3 Å². The number of methoxy groups -OCH3 is 1. The minimum atomic E-state index is -0.511. The van der Waals surface area contributed by atoms with E-state index in [0.717, 1.165) is 22.6 Å². The molecule has 0 radical (unpaired) electrons. The van der Waals surface area contributed by atoms with Crippen LogP contribution in [0.4, 0.5) is 4.39 Å². The normalized spacial score (nSPS) is 11.8. The van der Waals surface area contributed by atoms with E-state index in [-0.39, 0.29) is 5.56 Å². The van der Waals surface area contributed by atoms with Gasteiger partial charge in [0.15, 0.2) is 11.0 Å². The lowest BCUT2D eigenvalue weighted by Gasteiger charge is -2.18. The second-order valence-corrected chi connectivity index (χ2v) is 9.33. The van der Waals surface area contributed by atoms with Crippen LogP contribution in [0.3, 0.4) is 0 Å². The first kappa shape index (κ1) is 24.8. The van der Waals surface area contributed by atoms with Crippen molar-refractivity contribution < 1.29 is 13.9 Å². The van der Waals surface area contributed by atoms with Crippen LogP contribution < -0.4 is 10.1 Å². The number of carbonyl (C=O) groups excluding carboxylic acids is 1. The van der Waals surface area contributed by atoms with Crippen molar-refractivity contribution in [3.8, 4) is 11.4 Å². The zero-order chi connectivity index (χ0) is 24.9. The molecule has 1 heterocycles. The summed E-state index contributed by atoms with van der Waals surface area (Å²) < 4.78 is 20.8. The average Bonchev–Trinajstić information content (AvgIpc) is 3.28. The lowest BCUT2D eigenvalue weighted by molar-refractivity contribution is 0.0937. The molecule has 35 heavy (non-hydrogen) atoms. The lowest BCUT2D eigenvalue weighted by atomic mass is 10.1. The SMILES string of the molecule is COc1cccc(CSc2nnc(C(C)NC(=O)c3cccc(F)c3)n2-c2cc(Cl)ccc2C)c1. The van der Waals surface area contributed by atoms with Crippen LogP contribution in [0.15, 0.2) is 71.9 Å². The Morgan fingerprint density at radius 1 is 1.14 bits per heavy atom. The minimum absolute atomic E-state index is 0.231. The van der Waals surface area contributed by atoms with Crippen molar-refractivity contribution >= 4 is 29.3 Å². The molecule has 1 aromatic heterocycles. The van der Waals surface area contributed by atoms with Gasteiger partial charge < -0.3 is 10.1 Å². The van der Waals surface area contributed by atoms with Gasteiger partial charge >= 0.3 is 0 Å². The Bertz CT molecular complexity index is 1360. The highest BCUT2D eigenvalue weighted by Gasteiger charge is 2.23. The van der Waals surface area contributed by atoms with Gasteiger partial charge in [-0.05, 0) is 67.4 Å². The van der Waals surface area contributed by atoms with Crippen molar-refractivity contribution in [2.45, 2.75) is 30.8 Å². The van der Waals surface area contributed by atoms with E-state index in [1.807, 2.05) is 60.9 Å². The Morgan fingerprint density at radius 3 is 2.71 bits per heavy atom. The molecule has 0 saturated heterocycles. The number of thioether (sulfide) groups is 1. The standard InChI is InChI=1S/C26H24ClFN4O2S/c1-16-10-11-20(27)14-23(16)32-24(17(2)29-25(33)19-7-5-8-21(28)13-19)30-31-26(32)35-15-18-6-4-9-22(12-18)34-3/h4-14,17H,15H2,1-3H3,(H,29,33). The van der Waals surface area contributed by atoms with Crippen LogP contribution in [0, 0.1) is 12.7 Å². The molecule has 4 rings (SSSR count). The molecule has 9 heteroatoms. The smallest absolute Gasteiger partial charge is 0.251 e. The zero-order valence-electron chi connectivity index (χ0n) is 19.5. The number of nitrogens with zero attached hydrogens (tertiary/aromatic N) is 3. The molecule has 0 aliphatic heterocycles. The number of hydrogen-bond donors (Lipinski definition) is 1. The largest absolute Gasteiger partial charge is 0.497 e. The van der Waals surface area contributed by atoms with E-state index in [1.54, 1.807) is 13.2 Å². The van der Waals surface area contributed by atoms with Crippen LogP contribution >= 0.6 is 23.4 Å². The van der Waals surface area contributed by atoms with E-state index in [4.69, 9.17) is 16.3 Å². The quantitative estimate of drug-likeness (QED) is 0.287. The number of amides is 1. The molecule has 4 aromatic rings. The predicted octanol–water partition coefficient (Wildman–Crippen LogP) is 6.16. The summed E-state index contributed by atoms with van der Waals surface area (Å²) in [7, 11) is 1.64. The Kier molecular flexibility index (Phi) is 7.73. The summed E-state index contributed by atoms with van der Waals surface area (Å²) in [6.07, 6.45) is 0. The lowest BCUT2D eigenvalue weighted by Crippen LogP contribution is -2.28. The number of aromatic nitrogens is 3. The van der Waals surface area contributed by atoms with E-state index in [9.17, 15) is 9.18 Å². The van der Waals surface area contributed by atoms with E-state index < -0.39 is 17.8 Å². The highest BCUT2D eigenvalue weighted by Crippen LogP contribution is 2.31. The zero-order valence-corrected chi connectivity index (χ0v) is 21.0. The number of rotatable bonds is 8. The van der Waals surface area contributed by atoms with Gasteiger partial charge in [-0.3, -0.25) is 9.36 Å². The summed E-state index contributed by atoms with van der Waals surface area (Å²) in [5.41, 5.74) is 3.09. The first-order valence-corrected chi connectivity index (χ1v) is 12.3. The van der Waals surface area contributed by atoms with Gasteiger partial charge in [0.05, 0.1) is 18.8 Å². The van der Waals surface area contributed by atoms with E-state index >= 15 is 0 Å². The minimum Gasteiger partial charge on any atom is -0.497 e. The molecule has 1 N–H and O–H groups in total. The molecule has 3 aromatic carbocycles. The van der Waals surface area contributed by atoms with Crippen molar-refractivity contribution in [1.29, 1.82) is 0 Å². The fourth-order valence-electron chi connectivity index (χ4n) is 3.59. The summed E-state index contributed by atoms with van der Waals surface area (Å²) in [5.74, 6) is 1.08. The van der Waals surface area contributed by atoms with Gasteiger partial charge in [-0.25, -0.2) is 4.39 Å². The van der Waals surface area contributed by atoms with E-state index in [2.05, 4.69) is 15.5 Å². The molecule has 1 amide bonds. The highest BCUT2D eigenvalue weighted by atomic mass is 35.5. The Balaban J connectivity index is 1.66. The molecule has 0 spiro atoms. The van der Waals surface area contributed by atoms with Gasteiger partial charge in [0.2, 0.25) is 0 Å². The molecule has 1 atom stereocenters. The number of carbonyl (C=O) groups is 1. The molecule has 180 valence electrons. The molecule has 0 aliphatic carbocycles. The van der Waals surface area contributed by atoms with Crippen LogP contribution in [0.25, 0.3) is 5.69 Å². The topological polar surface area (TPSA) is 69.0 Å². The van der Waals surface area contributed by atoms with Crippen LogP contribution in [0.1, 0.15) is 40.3 Å². The maximum atomic E-state index is 13.6. The van der Waals surface area contributed by atoms with Crippen LogP contribution in [0.5, 0.6) is 5.75 Å². The van der Waals surface area contributed by atoms with Crippen molar-refractivity contribution in [2.24, 2.45) is 0 Å². The molecule has 1 unspecified atom stereocenters. The monoisotopic (exact) mass is 510 g/mol. The maximum Gasteiger partial charge on any atom is 0.251 e. The van der Waals surface area contributed by atoms with Crippen LogP contribution in [0.2, 0.25) is 5.02 Å². The molecule has 6 nitrogen and oxygen atoms in total. The third-order valence-corrected chi connectivity index (χ3v) is 6.63. The van der Waals surface area contributed by atoms with Crippen molar-refractivity contribution in [3.05, 3.63) is 100 Å². The summed E-state index contributed by atoms with van der Waals surface area (Å²) >= 11 is 7.84. The molecular formula is C26H24ClFN4O2S. The fourth-order valence-corrected chi connectivity index (χ4v) is 4.65. The fraction of sp³-hybridized carbons (Fsp3) is 0.192. The second-order valence-electron chi connectivity index (χ2n) is 7.95. The molecule has 0 saturated carbocycles. The van der Waals surface area contributed by atoms with Gasteiger partial charge in [0.1, 0.15) is 11.6 Å². The van der Waals surface area contributed by atoms with Gasteiger partial charge in [-0.15, -0.1) is 10.2 Å². The molecular weight excluding hydrogens is 487 g/mol. The molecule has 0 bridgehead atoms. The third-order valence-electron chi connectivity index (χ3n) is 5.39. The van der Waals surface area contributed by atoms with Gasteiger partial charge in [0.25, 0.3) is 5.91 Å². The first-order valence-electron chi connectivity index (χ1n) is 10.9. The number of hydrogen-bond acceptors (Lipinski definition) is 5. The van der Waals surface area contributed by atoms with Crippen molar-refractivity contribution in [1.82, 2.24) is 20.1 Å². The van der Waals surface area contributed by atoms with Crippen molar-refractivity contribution in [2.75, 3.05) is 7.11 Å². The predicted molar refractivity (Wildman–Crippen MR) is 136 cm³/mol. The third kappa shape index (κ3) is 5.83. The van der Waals surface area contributed by atoms with Crippen LogP contribution in [-0.4, -0.2) is 27.8 Å². The Morgan fingerprint density at radius 2 is 1.94 bits per heavy atom. The van der Waals surface area contributed by atoms with Crippen LogP contribution in [-0.2, 0) is 5.75 Å². The number of benzene rings is 3. The van der Waals surface area contributed by atoms with Crippen molar-refractivity contribution in [3.63, 3.8) is 0 Å². The Hall–Kier alpha value is -3.36. The molecule has 0 fully saturated rings. The van der Waals surface area contributed by atoms with Gasteiger partial charge in [-0.1, -0.05) is 47.6 Å². The van der Waals surface area contributed by atoms with E-state index in [0.29, 0.717) is 21.8 Å². The molecule has 0 aliphatic rings. The van der Waals surface area contributed by atoms with Gasteiger partial charge in [-0.2, -0.15) is 0 Å². The second kappa shape index (κ2) is 10.9.